The lowest BCUT2D eigenvalue weighted by Crippen LogP contribution is -2.35. The number of benzene rings is 10. The third-order valence-corrected chi connectivity index (χ3v) is 15.0. The van der Waals surface area contributed by atoms with Gasteiger partial charge in [-0.05, 0) is 116 Å². The van der Waals surface area contributed by atoms with Gasteiger partial charge in [0.25, 0.3) is 0 Å². The van der Waals surface area contributed by atoms with Gasteiger partial charge in [-0.2, -0.15) is 0 Å². The van der Waals surface area contributed by atoms with Crippen LogP contribution >= 0.6 is 0 Å². The molecule has 0 spiro atoms. The first-order chi connectivity index (χ1) is 33.0. The zero-order valence-electron chi connectivity index (χ0n) is 37.6. The van der Waals surface area contributed by atoms with E-state index >= 15 is 0 Å². The van der Waals surface area contributed by atoms with Gasteiger partial charge in [0.1, 0.15) is 11.2 Å². The third-order valence-electron chi connectivity index (χ3n) is 15.0. The van der Waals surface area contributed by atoms with Crippen molar-refractivity contribution in [3.8, 4) is 22.3 Å². The number of anilines is 3. The van der Waals surface area contributed by atoms with Crippen LogP contribution in [0, 0.1) is 0 Å². The summed E-state index contributed by atoms with van der Waals surface area (Å²) in [5.74, 6) is 0. The maximum atomic E-state index is 6.52. The van der Waals surface area contributed by atoms with Crippen LogP contribution < -0.4 is 4.90 Å². The maximum Gasteiger partial charge on any atom is 0.143 e. The molecule has 1 heterocycles. The second-order valence-corrected chi connectivity index (χ2v) is 18.6. The first-order valence-corrected chi connectivity index (χ1v) is 23.5. The summed E-state index contributed by atoms with van der Waals surface area (Å²) in [6, 6.07) is 82.6. The largest absolute Gasteiger partial charge is 0.455 e. The van der Waals surface area contributed by atoms with Crippen molar-refractivity contribution in [2.45, 2.75) is 31.1 Å². The van der Waals surface area contributed by atoms with E-state index in [4.69, 9.17) is 4.42 Å². The Labute approximate surface area is 391 Å². The van der Waals surface area contributed by atoms with E-state index in [-0.39, 0.29) is 5.41 Å². The van der Waals surface area contributed by atoms with Crippen LogP contribution in [0.5, 0.6) is 0 Å². The van der Waals surface area contributed by atoms with Crippen LogP contribution in [0.3, 0.4) is 0 Å². The lowest BCUT2D eigenvalue weighted by Gasteiger charge is -2.40. The second kappa shape index (κ2) is 15.2. The molecule has 2 aliphatic rings. The molecule has 2 unspecified atom stereocenters. The molecule has 2 atom stereocenters. The highest BCUT2D eigenvalue weighted by Crippen LogP contribution is 2.63. The summed E-state index contributed by atoms with van der Waals surface area (Å²) in [7, 11) is 0. The number of furan rings is 1. The quantitative estimate of drug-likeness (QED) is 0.149. The topological polar surface area (TPSA) is 16.4 Å². The van der Waals surface area contributed by atoms with Crippen LogP contribution in [-0.4, -0.2) is 0 Å². The van der Waals surface area contributed by atoms with E-state index in [1.165, 1.54) is 66.1 Å². The van der Waals surface area contributed by atoms with E-state index in [0.717, 1.165) is 56.5 Å². The average Bonchev–Trinajstić information content (AvgIpc) is 3.89. The van der Waals surface area contributed by atoms with Gasteiger partial charge < -0.3 is 9.32 Å². The Morgan fingerprint density at radius 3 is 1.88 bits per heavy atom. The highest BCUT2D eigenvalue weighted by Gasteiger charge is 2.56. The minimum absolute atomic E-state index is 0.132. The third kappa shape index (κ3) is 5.82. The molecule has 2 nitrogen and oxygen atoms in total. The molecule has 2 heteroatoms. The van der Waals surface area contributed by atoms with Crippen LogP contribution in [0.1, 0.15) is 42.5 Å². The molecule has 0 amide bonds. The monoisotopic (exact) mass is 857 g/mol. The van der Waals surface area contributed by atoms with Crippen molar-refractivity contribution in [3.63, 3.8) is 0 Å². The molecule has 2 aliphatic carbocycles. The van der Waals surface area contributed by atoms with Gasteiger partial charge in [-0.15, -0.1) is 0 Å². The summed E-state index contributed by atoms with van der Waals surface area (Å²) < 4.78 is 6.52. The van der Waals surface area contributed by atoms with Gasteiger partial charge in [0, 0.05) is 38.7 Å². The summed E-state index contributed by atoms with van der Waals surface area (Å²) in [5.41, 5.74) is 17.2. The lowest BCUT2D eigenvalue weighted by molar-refractivity contribution is 0.533. The van der Waals surface area contributed by atoms with Crippen LogP contribution in [0.25, 0.3) is 65.7 Å². The van der Waals surface area contributed by atoms with Gasteiger partial charge in [-0.1, -0.05) is 207 Å². The van der Waals surface area contributed by atoms with Crippen LogP contribution in [0.15, 0.2) is 252 Å². The van der Waals surface area contributed by atoms with Crippen molar-refractivity contribution < 1.29 is 4.42 Å². The number of hydrogen-bond donors (Lipinski definition) is 0. The summed E-state index contributed by atoms with van der Waals surface area (Å²) in [4.78, 5) is 2.44. The van der Waals surface area contributed by atoms with E-state index < -0.39 is 5.41 Å². The fraction of sp³-hybridized carbons (Fsp3) is 0.0769. The van der Waals surface area contributed by atoms with Gasteiger partial charge in [-0.3, -0.25) is 0 Å². The highest BCUT2D eigenvalue weighted by atomic mass is 16.3. The molecule has 67 heavy (non-hydrogen) atoms. The molecule has 0 saturated carbocycles. The van der Waals surface area contributed by atoms with Gasteiger partial charge in [0.05, 0.1) is 11.1 Å². The number of allylic oxidation sites excluding steroid dienone is 4. The van der Waals surface area contributed by atoms with Crippen molar-refractivity contribution in [3.05, 3.63) is 270 Å². The van der Waals surface area contributed by atoms with Crippen molar-refractivity contribution in [2.75, 3.05) is 4.90 Å². The number of para-hydroxylation sites is 3. The maximum absolute atomic E-state index is 6.52. The van der Waals surface area contributed by atoms with Crippen molar-refractivity contribution >= 4 is 60.5 Å². The van der Waals surface area contributed by atoms with Crippen molar-refractivity contribution in [1.82, 2.24) is 0 Å². The Hall–Kier alpha value is -8.20. The van der Waals surface area contributed by atoms with Crippen LogP contribution in [-0.2, 0) is 10.8 Å². The molecule has 318 valence electrons. The zero-order valence-corrected chi connectivity index (χ0v) is 37.6. The van der Waals surface area contributed by atoms with E-state index in [1.807, 2.05) is 6.07 Å². The van der Waals surface area contributed by atoms with E-state index in [2.05, 4.69) is 249 Å². The Kier molecular flexibility index (Phi) is 8.88. The molecule has 1 aromatic heterocycles. The van der Waals surface area contributed by atoms with Gasteiger partial charge in [-0.25, -0.2) is 0 Å². The van der Waals surface area contributed by atoms with Gasteiger partial charge >= 0.3 is 0 Å². The SMILES string of the molecule is CC1=C2C(C)(CC=C1)c1ccccc1C2(c1ccccc1)c1ccc(N(c2ccc(-c3cccc4c3oc3ccccc34)cc2)c2ccccc2-c2cccc3c2ccc2ccccc23)cc1. The molecule has 11 aromatic rings. The number of nitrogens with zero attached hydrogens (tertiary/aromatic N) is 1. The molecule has 0 N–H and O–H groups in total. The first-order valence-electron chi connectivity index (χ1n) is 23.5. The molecule has 0 aliphatic heterocycles. The summed E-state index contributed by atoms with van der Waals surface area (Å²) in [5, 5.41) is 7.25. The molecular weight excluding hydrogens is 811 g/mol. The van der Waals surface area contributed by atoms with Gasteiger partial charge in [0.15, 0.2) is 0 Å². The fourth-order valence-corrected chi connectivity index (χ4v) is 12.2. The Morgan fingerprint density at radius 2 is 1.06 bits per heavy atom. The normalized spacial score (nSPS) is 17.6. The number of hydrogen-bond acceptors (Lipinski definition) is 2. The molecule has 0 saturated heterocycles. The average molecular weight is 858 g/mol. The summed E-state index contributed by atoms with van der Waals surface area (Å²) >= 11 is 0. The predicted octanol–water partition coefficient (Wildman–Crippen LogP) is 17.6. The molecule has 0 fully saturated rings. The molecular formula is C65H47NO. The summed E-state index contributed by atoms with van der Waals surface area (Å²) in [6.45, 7) is 4.77. The Morgan fingerprint density at radius 1 is 0.448 bits per heavy atom. The molecule has 0 bridgehead atoms. The Balaban J connectivity index is 1.01. The summed E-state index contributed by atoms with van der Waals surface area (Å²) in [6.07, 6.45) is 5.69. The van der Waals surface area contributed by atoms with Crippen molar-refractivity contribution in [1.29, 1.82) is 0 Å². The van der Waals surface area contributed by atoms with Crippen LogP contribution in [0.4, 0.5) is 17.1 Å². The number of rotatable bonds is 7. The minimum Gasteiger partial charge on any atom is -0.455 e. The van der Waals surface area contributed by atoms with Crippen LogP contribution in [0.2, 0.25) is 0 Å². The minimum atomic E-state index is -0.465. The highest BCUT2D eigenvalue weighted by molar-refractivity contribution is 6.13. The van der Waals surface area contributed by atoms with E-state index in [9.17, 15) is 0 Å². The first kappa shape index (κ1) is 39.2. The van der Waals surface area contributed by atoms with Gasteiger partial charge in [0.2, 0.25) is 0 Å². The molecule has 13 rings (SSSR count). The number of fused-ring (bicyclic) bond motifs is 9. The molecule has 10 aromatic carbocycles. The second-order valence-electron chi connectivity index (χ2n) is 18.6. The predicted molar refractivity (Wildman–Crippen MR) is 281 cm³/mol. The Bertz CT molecular complexity index is 3800. The lowest BCUT2D eigenvalue weighted by atomic mass is 9.61. The standard InChI is InChI=1S/C65H47NO/c1-43-17-16-42-64(2)58-28-10-11-29-59(58)65(63(43)64,46-19-4-3-5-20-46)47-35-39-49(40-36-47)66(48-37-32-45(33-38-48)51-24-14-27-57-56-23-9-13-31-61(56)67-62(51)57)60-30-12-8-22-55(60)53-26-15-25-52-50-21-7-6-18-44(50)34-41-54(52)53/h3-41H,42H2,1-2H3. The van der Waals surface area contributed by atoms with Crippen molar-refractivity contribution in [2.24, 2.45) is 0 Å². The zero-order chi connectivity index (χ0) is 44.7. The van der Waals surface area contributed by atoms with E-state index in [0.29, 0.717) is 0 Å². The molecule has 0 radical (unpaired) electrons. The fourth-order valence-electron chi connectivity index (χ4n) is 12.2. The van der Waals surface area contributed by atoms with E-state index in [1.54, 1.807) is 0 Å². The smallest absolute Gasteiger partial charge is 0.143 e.